The van der Waals surface area contributed by atoms with Crippen molar-refractivity contribution in [1.29, 1.82) is 0 Å². The Hall–Kier alpha value is -0.990. The third-order valence-corrected chi connectivity index (χ3v) is 7.41. The van der Waals surface area contributed by atoms with Crippen LogP contribution >= 0.6 is 0 Å². The van der Waals surface area contributed by atoms with E-state index >= 15 is 0 Å². The van der Waals surface area contributed by atoms with E-state index in [1.54, 1.807) is 11.2 Å². The minimum absolute atomic E-state index is 0.125. The molecule has 0 bridgehead atoms. The lowest BCUT2D eigenvalue weighted by molar-refractivity contribution is -0.0779. The largest absolute Gasteiger partial charge is 0.362 e. The number of hydrogen-bond acceptors (Lipinski definition) is 6. The van der Waals surface area contributed by atoms with Gasteiger partial charge in [-0.05, 0) is 45.4 Å². The number of rotatable bonds is 3. The van der Waals surface area contributed by atoms with Crippen molar-refractivity contribution < 1.29 is 17.7 Å². The van der Waals surface area contributed by atoms with Gasteiger partial charge in [-0.15, -0.1) is 0 Å². The Morgan fingerprint density at radius 3 is 2.50 bits per heavy atom. The van der Waals surface area contributed by atoms with Gasteiger partial charge in [0.25, 0.3) is 5.89 Å². The van der Waals surface area contributed by atoms with Crippen LogP contribution in [-0.2, 0) is 14.8 Å². The zero-order chi connectivity index (χ0) is 15.4. The highest BCUT2D eigenvalue weighted by Crippen LogP contribution is 2.45. The van der Waals surface area contributed by atoms with E-state index in [1.165, 1.54) is 0 Å². The first-order valence-electron chi connectivity index (χ1n) is 7.96. The zero-order valence-electron chi connectivity index (χ0n) is 12.7. The Bertz CT molecular complexity index is 659. The number of hydrogen-bond donors (Lipinski definition) is 0. The van der Waals surface area contributed by atoms with E-state index in [4.69, 9.17) is 9.26 Å². The second kappa shape index (κ2) is 5.01. The van der Waals surface area contributed by atoms with E-state index in [0.29, 0.717) is 24.8 Å². The molecule has 1 unspecified atom stereocenters. The standard InChI is InChI=1S/C14H21N3O4S/c1-10-15-13(21-16-10)12-4-5-14(20-12)6-8-17(9-7-14)22(18,19)11-2-3-11/h11-12H,2-9H2,1H3. The molecule has 1 atom stereocenters. The molecule has 3 heterocycles. The van der Waals surface area contributed by atoms with Gasteiger partial charge in [-0.1, -0.05) is 5.16 Å². The van der Waals surface area contributed by atoms with Gasteiger partial charge >= 0.3 is 0 Å². The molecule has 2 aliphatic heterocycles. The molecule has 122 valence electrons. The molecule has 8 heteroatoms. The number of aromatic nitrogens is 2. The molecular formula is C14H21N3O4S. The third kappa shape index (κ3) is 2.47. The maximum absolute atomic E-state index is 12.3. The topological polar surface area (TPSA) is 85.5 Å². The van der Waals surface area contributed by atoms with Gasteiger partial charge in [0, 0.05) is 13.1 Å². The Balaban J connectivity index is 1.41. The number of aryl methyl sites for hydroxylation is 1. The molecule has 1 saturated carbocycles. The quantitative estimate of drug-likeness (QED) is 0.837. The summed E-state index contributed by atoms with van der Waals surface area (Å²) >= 11 is 0. The fourth-order valence-electron chi connectivity index (χ4n) is 3.52. The van der Waals surface area contributed by atoms with Gasteiger partial charge in [0.1, 0.15) is 6.10 Å². The average molecular weight is 327 g/mol. The minimum Gasteiger partial charge on any atom is -0.362 e. The fraction of sp³-hybridized carbons (Fsp3) is 0.857. The fourth-order valence-corrected chi connectivity index (χ4v) is 5.37. The number of nitrogens with zero attached hydrogens (tertiary/aromatic N) is 3. The van der Waals surface area contributed by atoms with Gasteiger partial charge in [0.15, 0.2) is 5.82 Å². The molecule has 7 nitrogen and oxygen atoms in total. The summed E-state index contributed by atoms with van der Waals surface area (Å²) in [5, 5.41) is 3.69. The van der Waals surface area contributed by atoms with Crippen LogP contribution in [0.1, 0.15) is 56.3 Å². The molecule has 0 radical (unpaired) electrons. The predicted octanol–water partition coefficient (Wildman–Crippen LogP) is 1.56. The van der Waals surface area contributed by atoms with E-state index in [0.717, 1.165) is 38.5 Å². The molecule has 4 rings (SSSR count). The molecule has 2 saturated heterocycles. The van der Waals surface area contributed by atoms with Crippen molar-refractivity contribution in [1.82, 2.24) is 14.4 Å². The molecule has 22 heavy (non-hydrogen) atoms. The first-order valence-corrected chi connectivity index (χ1v) is 9.46. The van der Waals surface area contributed by atoms with Crippen LogP contribution in [0.2, 0.25) is 0 Å². The van der Waals surface area contributed by atoms with E-state index in [1.807, 2.05) is 0 Å². The first kappa shape index (κ1) is 14.6. The summed E-state index contributed by atoms with van der Waals surface area (Å²) in [7, 11) is -3.06. The zero-order valence-corrected chi connectivity index (χ0v) is 13.5. The molecule has 1 spiro atoms. The second-order valence-corrected chi connectivity index (χ2v) is 8.86. The molecule has 0 amide bonds. The summed E-state index contributed by atoms with van der Waals surface area (Å²) in [4.78, 5) is 4.25. The maximum Gasteiger partial charge on any atom is 0.255 e. The van der Waals surface area contributed by atoms with Crippen molar-refractivity contribution in [2.75, 3.05) is 13.1 Å². The minimum atomic E-state index is -3.06. The monoisotopic (exact) mass is 327 g/mol. The van der Waals surface area contributed by atoms with Crippen molar-refractivity contribution in [2.45, 2.75) is 62.4 Å². The van der Waals surface area contributed by atoms with Crippen molar-refractivity contribution in [3.63, 3.8) is 0 Å². The summed E-state index contributed by atoms with van der Waals surface area (Å²) < 4.78 is 37.7. The van der Waals surface area contributed by atoms with E-state index in [2.05, 4.69) is 10.1 Å². The number of ether oxygens (including phenoxy) is 1. The lowest BCUT2D eigenvalue weighted by Gasteiger charge is -2.38. The van der Waals surface area contributed by atoms with Gasteiger partial charge in [-0.2, -0.15) is 4.98 Å². The van der Waals surface area contributed by atoms with E-state index in [-0.39, 0.29) is 17.0 Å². The Labute approximate surface area is 130 Å². The van der Waals surface area contributed by atoms with Gasteiger partial charge in [-0.3, -0.25) is 0 Å². The highest BCUT2D eigenvalue weighted by molar-refractivity contribution is 7.90. The van der Waals surface area contributed by atoms with Crippen LogP contribution in [0.15, 0.2) is 4.52 Å². The molecular weight excluding hydrogens is 306 g/mol. The molecule has 3 fully saturated rings. The lowest BCUT2D eigenvalue weighted by Crippen LogP contribution is -2.47. The van der Waals surface area contributed by atoms with Gasteiger partial charge in [-0.25, -0.2) is 12.7 Å². The van der Waals surface area contributed by atoms with Crippen molar-refractivity contribution >= 4 is 10.0 Å². The van der Waals surface area contributed by atoms with Crippen LogP contribution in [-0.4, -0.2) is 46.8 Å². The van der Waals surface area contributed by atoms with Crippen molar-refractivity contribution in [2.24, 2.45) is 0 Å². The lowest BCUT2D eigenvalue weighted by atomic mass is 9.89. The summed E-state index contributed by atoms with van der Waals surface area (Å²) in [5.41, 5.74) is -0.220. The van der Waals surface area contributed by atoms with Gasteiger partial charge < -0.3 is 9.26 Å². The van der Waals surface area contributed by atoms with E-state index in [9.17, 15) is 8.42 Å². The summed E-state index contributed by atoms with van der Waals surface area (Å²) in [5.74, 6) is 1.16. The maximum atomic E-state index is 12.3. The highest BCUT2D eigenvalue weighted by atomic mass is 32.2. The normalized spacial score (nSPS) is 29.2. The Kier molecular flexibility index (Phi) is 3.32. The molecule has 1 aliphatic carbocycles. The Morgan fingerprint density at radius 2 is 1.91 bits per heavy atom. The molecule has 1 aromatic rings. The van der Waals surface area contributed by atoms with Crippen LogP contribution in [0.4, 0.5) is 0 Å². The molecule has 0 aromatic carbocycles. The van der Waals surface area contributed by atoms with Crippen molar-refractivity contribution in [3.05, 3.63) is 11.7 Å². The Morgan fingerprint density at radius 1 is 1.18 bits per heavy atom. The number of piperidine rings is 1. The van der Waals surface area contributed by atoms with Crippen LogP contribution in [0.3, 0.4) is 0 Å². The molecule has 1 aromatic heterocycles. The smallest absolute Gasteiger partial charge is 0.255 e. The van der Waals surface area contributed by atoms with Crippen LogP contribution in [0.5, 0.6) is 0 Å². The second-order valence-electron chi connectivity index (χ2n) is 6.65. The first-order chi connectivity index (χ1) is 10.5. The van der Waals surface area contributed by atoms with Crippen LogP contribution in [0.25, 0.3) is 0 Å². The summed E-state index contributed by atoms with van der Waals surface area (Å²) in [6.45, 7) is 2.92. The van der Waals surface area contributed by atoms with Crippen LogP contribution in [0, 0.1) is 6.92 Å². The summed E-state index contributed by atoms with van der Waals surface area (Å²) in [6, 6.07) is 0. The summed E-state index contributed by atoms with van der Waals surface area (Å²) in [6.07, 6.45) is 4.78. The highest BCUT2D eigenvalue weighted by Gasteiger charge is 2.48. The van der Waals surface area contributed by atoms with E-state index < -0.39 is 10.0 Å². The number of sulfonamides is 1. The van der Waals surface area contributed by atoms with Gasteiger partial charge in [0.2, 0.25) is 10.0 Å². The molecule has 0 N–H and O–H groups in total. The van der Waals surface area contributed by atoms with Gasteiger partial charge in [0.05, 0.1) is 10.9 Å². The average Bonchev–Trinajstić information content (AvgIpc) is 3.17. The molecule has 3 aliphatic rings. The van der Waals surface area contributed by atoms with Crippen molar-refractivity contribution in [3.8, 4) is 0 Å². The van der Waals surface area contributed by atoms with Crippen LogP contribution < -0.4 is 0 Å². The predicted molar refractivity (Wildman–Crippen MR) is 77.6 cm³/mol. The SMILES string of the molecule is Cc1noc(C2CCC3(CCN(S(=O)(=O)C4CC4)CC3)O2)n1. The third-order valence-electron chi connectivity index (χ3n) is 5.01.